The van der Waals surface area contributed by atoms with Gasteiger partial charge in [-0.05, 0) is 24.1 Å². The van der Waals surface area contributed by atoms with Crippen molar-refractivity contribution in [2.75, 3.05) is 0 Å². The van der Waals surface area contributed by atoms with Crippen LogP contribution in [0.3, 0.4) is 0 Å². The summed E-state index contributed by atoms with van der Waals surface area (Å²) in [5, 5.41) is 12.1. The lowest BCUT2D eigenvalue weighted by Crippen LogP contribution is -2.46. The molecule has 1 amide bonds. The molecule has 0 radical (unpaired) electrons. The predicted octanol–water partition coefficient (Wildman–Crippen LogP) is 2.46. The Hall–Kier alpha value is -3.02. The van der Waals surface area contributed by atoms with Gasteiger partial charge in [-0.2, -0.15) is 0 Å². The maximum absolute atomic E-state index is 12.0. The van der Waals surface area contributed by atoms with Crippen LogP contribution < -0.4 is 10.1 Å². The van der Waals surface area contributed by atoms with Gasteiger partial charge in [0, 0.05) is 18.1 Å². The fourth-order valence-electron chi connectivity index (χ4n) is 2.60. The summed E-state index contributed by atoms with van der Waals surface area (Å²) in [4.78, 5) is 23.9. The van der Waals surface area contributed by atoms with E-state index < -0.39 is 18.1 Å². The first-order valence-corrected chi connectivity index (χ1v) is 7.54. The molecule has 3 rings (SSSR count). The van der Waals surface area contributed by atoms with Crippen molar-refractivity contribution in [2.24, 2.45) is 0 Å². The number of fused-ring (bicyclic) bond motifs is 1. The van der Waals surface area contributed by atoms with Crippen LogP contribution in [0.15, 0.2) is 42.5 Å². The quantitative estimate of drug-likeness (QED) is 0.668. The van der Waals surface area contributed by atoms with Crippen molar-refractivity contribution in [3.63, 3.8) is 0 Å². The molecule has 1 aliphatic heterocycles. The zero-order valence-corrected chi connectivity index (χ0v) is 13.1. The third kappa shape index (κ3) is 3.48. The van der Waals surface area contributed by atoms with Crippen molar-refractivity contribution < 1.29 is 24.2 Å². The number of aromatic hydroxyl groups is 1. The van der Waals surface area contributed by atoms with Gasteiger partial charge in [0.2, 0.25) is 0 Å². The lowest BCUT2D eigenvalue weighted by molar-refractivity contribution is -0.137. The van der Waals surface area contributed by atoms with Gasteiger partial charge in [0.05, 0.1) is 0 Å². The van der Waals surface area contributed by atoms with Crippen molar-refractivity contribution in [3.05, 3.63) is 59.2 Å². The monoisotopic (exact) mass is 327 g/mol. The Kier molecular flexibility index (Phi) is 4.37. The molecule has 0 bridgehead atoms. The van der Waals surface area contributed by atoms with Gasteiger partial charge in [-0.3, -0.25) is 0 Å². The average molecular weight is 327 g/mol. The number of carbonyl (C=O) groups is 2. The maximum atomic E-state index is 12.0. The van der Waals surface area contributed by atoms with Gasteiger partial charge in [-0.1, -0.05) is 30.3 Å². The van der Waals surface area contributed by atoms with Crippen LogP contribution in [0.4, 0.5) is 4.79 Å². The Morgan fingerprint density at radius 1 is 1.33 bits per heavy atom. The van der Waals surface area contributed by atoms with E-state index in [1.54, 1.807) is 6.07 Å². The number of aryl methyl sites for hydroxylation is 1. The van der Waals surface area contributed by atoms with Crippen molar-refractivity contribution in [1.82, 2.24) is 5.32 Å². The van der Waals surface area contributed by atoms with Gasteiger partial charge < -0.3 is 19.9 Å². The zero-order valence-electron chi connectivity index (χ0n) is 13.1. The Morgan fingerprint density at radius 3 is 2.83 bits per heavy atom. The van der Waals surface area contributed by atoms with Gasteiger partial charge in [0.15, 0.2) is 0 Å². The van der Waals surface area contributed by atoms with Gasteiger partial charge in [0.1, 0.15) is 24.1 Å². The average Bonchev–Trinajstić information content (AvgIpc) is 2.55. The number of benzene rings is 2. The molecule has 0 saturated carbocycles. The van der Waals surface area contributed by atoms with Crippen LogP contribution in [-0.2, 0) is 22.6 Å². The Morgan fingerprint density at radius 2 is 2.08 bits per heavy atom. The van der Waals surface area contributed by atoms with Crippen LogP contribution >= 0.6 is 0 Å². The SMILES string of the molecule is Cc1cc(O)cc2c1C[C@H](NC(=O)OCc1ccccc1)C(=O)O2. The number of hydrogen-bond donors (Lipinski definition) is 2. The molecule has 6 nitrogen and oxygen atoms in total. The first-order chi connectivity index (χ1) is 11.5. The number of phenols is 1. The fraction of sp³-hybridized carbons (Fsp3) is 0.222. The summed E-state index contributed by atoms with van der Waals surface area (Å²) in [6.45, 7) is 1.93. The number of hydrogen-bond acceptors (Lipinski definition) is 5. The highest BCUT2D eigenvalue weighted by Crippen LogP contribution is 2.32. The number of amides is 1. The van der Waals surface area contributed by atoms with Crippen LogP contribution in [-0.4, -0.2) is 23.2 Å². The van der Waals surface area contributed by atoms with Crippen molar-refractivity contribution in [3.8, 4) is 11.5 Å². The van der Waals surface area contributed by atoms with Crippen molar-refractivity contribution in [1.29, 1.82) is 0 Å². The summed E-state index contributed by atoms with van der Waals surface area (Å²) >= 11 is 0. The van der Waals surface area contributed by atoms with Crippen molar-refractivity contribution >= 4 is 12.1 Å². The summed E-state index contributed by atoms with van der Waals surface area (Å²) in [5.41, 5.74) is 2.43. The molecule has 6 heteroatoms. The van der Waals surface area contributed by atoms with Crippen molar-refractivity contribution in [2.45, 2.75) is 26.0 Å². The molecule has 0 aliphatic carbocycles. The smallest absolute Gasteiger partial charge is 0.408 e. The molecule has 24 heavy (non-hydrogen) atoms. The molecule has 1 atom stereocenters. The van der Waals surface area contributed by atoms with E-state index in [2.05, 4.69) is 5.32 Å². The molecule has 2 aromatic rings. The molecule has 0 saturated heterocycles. The van der Waals surface area contributed by atoms with Crippen LogP contribution in [0.2, 0.25) is 0 Å². The van der Waals surface area contributed by atoms with Crippen LogP contribution in [0, 0.1) is 6.92 Å². The molecule has 0 fully saturated rings. The van der Waals surface area contributed by atoms with E-state index in [0.717, 1.165) is 16.7 Å². The van der Waals surface area contributed by atoms with E-state index in [1.807, 2.05) is 37.3 Å². The van der Waals surface area contributed by atoms with E-state index in [0.29, 0.717) is 12.2 Å². The number of esters is 1. The molecule has 1 heterocycles. The van der Waals surface area contributed by atoms with Gasteiger partial charge in [-0.25, -0.2) is 9.59 Å². The fourth-order valence-corrected chi connectivity index (χ4v) is 2.60. The molecule has 0 spiro atoms. The summed E-state index contributed by atoms with van der Waals surface area (Å²) in [6.07, 6.45) is -0.388. The molecular weight excluding hydrogens is 310 g/mol. The molecule has 0 unspecified atom stereocenters. The number of nitrogens with one attached hydrogen (secondary N) is 1. The Balaban J connectivity index is 1.63. The summed E-state index contributed by atoms with van der Waals surface area (Å²) < 4.78 is 10.3. The predicted molar refractivity (Wildman–Crippen MR) is 85.7 cm³/mol. The summed E-state index contributed by atoms with van der Waals surface area (Å²) in [7, 11) is 0. The second-order valence-electron chi connectivity index (χ2n) is 5.62. The highest BCUT2D eigenvalue weighted by molar-refractivity contribution is 5.85. The number of ether oxygens (including phenoxy) is 2. The molecule has 2 N–H and O–H groups in total. The molecular formula is C18H17NO5. The highest BCUT2D eigenvalue weighted by Gasteiger charge is 2.31. The van der Waals surface area contributed by atoms with E-state index >= 15 is 0 Å². The topological polar surface area (TPSA) is 84.9 Å². The van der Waals surface area contributed by atoms with Gasteiger partial charge in [-0.15, -0.1) is 0 Å². The number of carbonyl (C=O) groups excluding carboxylic acids is 2. The molecule has 1 aliphatic rings. The number of rotatable bonds is 3. The third-order valence-corrected chi connectivity index (χ3v) is 3.82. The van der Waals surface area contributed by atoms with Crippen LogP contribution in [0.5, 0.6) is 11.5 Å². The largest absolute Gasteiger partial charge is 0.508 e. The molecule has 124 valence electrons. The Labute approximate surface area is 139 Å². The standard InChI is InChI=1S/C18H17NO5/c1-11-7-13(20)8-16-14(11)9-15(17(21)24-16)19-18(22)23-10-12-5-3-2-4-6-12/h2-8,15,20H,9-10H2,1H3,(H,19,22)/t15-/m0/s1. The normalized spacial score (nSPS) is 16.0. The maximum Gasteiger partial charge on any atom is 0.408 e. The number of alkyl carbamates (subject to hydrolysis) is 1. The van der Waals surface area contributed by atoms with E-state index in [-0.39, 0.29) is 12.4 Å². The zero-order chi connectivity index (χ0) is 17.1. The number of phenolic OH excluding ortho intramolecular Hbond substituents is 1. The molecule has 2 aromatic carbocycles. The van der Waals surface area contributed by atoms with E-state index in [9.17, 15) is 14.7 Å². The highest BCUT2D eigenvalue weighted by atomic mass is 16.6. The van der Waals surface area contributed by atoms with Gasteiger partial charge >= 0.3 is 12.1 Å². The lowest BCUT2D eigenvalue weighted by atomic mass is 9.97. The first-order valence-electron chi connectivity index (χ1n) is 7.54. The summed E-state index contributed by atoms with van der Waals surface area (Å²) in [6, 6.07) is 11.4. The lowest BCUT2D eigenvalue weighted by Gasteiger charge is -2.25. The Bertz CT molecular complexity index is 772. The van der Waals surface area contributed by atoms with E-state index in [1.165, 1.54) is 6.07 Å². The first kappa shape index (κ1) is 15.9. The second-order valence-corrected chi connectivity index (χ2v) is 5.62. The molecule has 0 aromatic heterocycles. The summed E-state index contributed by atoms with van der Waals surface area (Å²) in [5.74, 6) is -0.218. The van der Waals surface area contributed by atoms with Crippen LogP contribution in [0.25, 0.3) is 0 Å². The van der Waals surface area contributed by atoms with E-state index in [4.69, 9.17) is 9.47 Å². The second kappa shape index (κ2) is 6.62. The minimum absolute atomic E-state index is 0.0349. The minimum Gasteiger partial charge on any atom is -0.508 e. The third-order valence-electron chi connectivity index (χ3n) is 3.82. The minimum atomic E-state index is -0.816. The van der Waals surface area contributed by atoms with Gasteiger partial charge in [0.25, 0.3) is 0 Å². The van der Waals surface area contributed by atoms with Crippen LogP contribution in [0.1, 0.15) is 16.7 Å².